The summed E-state index contributed by atoms with van der Waals surface area (Å²) in [7, 11) is -3.83. The number of aryl methyl sites for hydroxylation is 3. The zero-order valence-electron chi connectivity index (χ0n) is 13.6. The Kier molecular flexibility index (Phi) is 4.46. The van der Waals surface area contributed by atoms with E-state index in [2.05, 4.69) is 15.2 Å². The molecule has 1 aromatic carbocycles. The minimum absolute atomic E-state index is 0.0264. The molecule has 124 valence electrons. The molecular weight excluding hydrogens is 318 g/mol. The fourth-order valence-corrected chi connectivity index (χ4v) is 3.83. The zero-order chi connectivity index (χ0) is 17.4. The third kappa shape index (κ3) is 3.37. The predicted molar refractivity (Wildman–Crippen MR) is 87.0 cm³/mol. The van der Waals surface area contributed by atoms with Gasteiger partial charge in [0.1, 0.15) is 5.69 Å². The summed E-state index contributed by atoms with van der Waals surface area (Å²) in [6.07, 6.45) is 0. The molecule has 2 rings (SSSR count). The number of nitrogens with zero attached hydrogens (tertiary/aromatic N) is 1. The second-order valence-electron chi connectivity index (χ2n) is 5.37. The first-order chi connectivity index (χ1) is 10.6. The van der Waals surface area contributed by atoms with Crippen LogP contribution in [0, 0.1) is 27.7 Å². The molecule has 2 aromatic rings. The maximum atomic E-state index is 12.6. The average molecular weight is 337 g/mol. The first-order valence-corrected chi connectivity index (χ1v) is 8.45. The van der Waals surface area contributed by atoms with Crippen molar-refractivity contribution < 1.29 is 17.7 Å². The van der Waals surface area contributed by atoms with Crippen LogP contribution in [-0.4, -0.2) is 19.5 Å². The summed E-state index contributed by atoms with van der Waals surface area (Å²) in [5, 5.41) is 6.39. The van der Waals surface area contributed by atoms with E-state index in [-0.39, 0.29) is 16.6 Å². The number of carbonyl (C=O) groups excluding carboxylic acids is 1. The van der Waals surface area contributed by atoms with Gasteiger partial charge in [-0.2, -0.15) is 0 Å². The van der Waals surface area contributed by atoms with Gasteiger partial charge < -0.3 is 9.84 Å². The van der Waals surface area contributed by atoms with E-state index in [0.29, 0.717) is 22.6 Å². The highest BCUT2D eigenvalue weighted by molar-refractivity contribution is 7.92. The van der Waals surface area contributed by atoms with Gasteiger partial charge >= 0.3 is 0 Å². The van der Waals surface area contributed by atoms with Crippen molar-refractivity contribution >= 4 is 27.3 Å². The van der Waals surface area contributed by atoms with Crippen LogP contribution in [0.5, 0.6) is 0 Å². The molecule has 0 unspecified atom stereocenters. The van der Waals surface area contributed by atoms with Crippen LogP contribution in [0.4, 0.5) is 11.4 Å². The summed E-state index contributed by atoms with van der Waals surface area (Å²) in [4.78, 5) is 11.3. The second-order valence-corrected chi connectivity index (χ2v) is 6.99. The number of amides is 1. The quantitative estimate of drug-likeness (QED) is 0.893. The van der Waals surface area contributed by atoms with Crippen molar-refractivity contribution in [2.75, 3.05) is 10.0 Å². The highest BCUT2D eigenvalue weighted by Gasteiger charge is 2.25. The number of nitrogens with one attached hydrogen (secondary N) is 2. The summed E-state index contributed by atoms with van der Waals surface area (Å²) >= 11 is 0. The minimum Gasteiger partial charge on any atom is -0.360 e. The van der Waals surface area contributed by atoms with E-state index in [0.717, 1.165) is 5.56 Å². The van der Waals surface area contributed by atoms with Crippen molar-refractivity contribution in [3.05, 3.63) is 34.7 Å². The number of carbonyl (C=O) groups is 1. The molecule has 2 N–H and O–H groups in total. The number of rotatable bonds is 4. The maximum Gasteiger partial charge on any atom is 0.267 e. The first-order valence-electron chi connectivity index (χ1n) is 6.97. The Morgan fingerprint density at radius 3 is 2.35 bits per heavy atom. The SMILES string of the molecule is CC(=O)Nc1c(C)ccc(NS(=O)(=O)c2c(C)noc2C)c1C. The smallest absolute Gasteiger partial charge is 0.267 e. The van der Waals surface area contributed by atoms with Gasteiger partial charge in [0.2, 0.25) is 5.91 Å². The van der Waals surface area contributed by atoms with E-state index >= 15 is 0 Å². The molecule has 1 aromatic heterocycles. The predicted octanol–water partition coefficient (Wildman–Crippen LogP) is 2.67. The van der Waals surface area contributed by atoms with Crippen molar-refractivity contribution in [1.29, 1.82) is 0 Å². The van der Waals surface area contributed by atoms with Crippen molar-refractivity contribution in [3.8, 4) is 0 Å². The lowest BCUT2D eigenvalue weighted by atomic mass is 10.1. The third-order valence-electron chi connectivity index (χ3n) is 3.46. The van der Waals surface area contributed by atoms with Crippen LogP contribution in [0.15, 0.2) is 21.6 Å². The van der Waals surface area contributed by atoms with Crippen LogP contribution in [-0.2, 0) is 14.8 Å². The average Bonchev–Trinajstić information content (AvgIpc) is 2.77. The summed E-state index contributed by atoms with van der Waals surface area (Å²) in [6, 6.07) is 3.40. The van der Waals surface area contributed by atoms with Crippen molar-refractivity contribution in [2.45, 2.75) is 39.5 Å². The Bertz CT molecular complexity index is 850. The lowest BCUT2D eigenvalue weighted by molar-refractivity contribution is -0.114. The topological polar surface area (TPSA) is 101 Å². The summed E-state index contributed by atoms with van der Waals surface area (Å²) in [6.45, 7) is 8.09. The van der Waals surface area contributed by atoms with Crippen LogP contribution in [0.2, 0.25) is 0 Å². The molecule has 0 aliphatic rings. The molecule has 8 heteroatoms. The van der Waals surface area contributed by atoms with Gasteiger partial charge in [0, 0.05) is 12.6 Å². The molecule has 23 heavy (non-hydrogen) atoms. The molecule has 0 saturated heterocycles. The van der Waals surface area contributed by atoms with Crippen LogP contribution in [0.25, 0.3) is 0 Å². The standard InChI is InChI=1S/C15H19N3O4S/c1-8-6-7-13(9(2)14(8)16-12(5)19)18-23(20,21)15-10(3)17-22-11(15)4/h6-7,18H,1-5H3,(H,16,19). The second kappa shape index (κ2) is 6.04. The molecule has 0 radical (unpaired) electrons. The molecule has 0 spiro atoms. The van der Waals surface area contributed by atoms with Gasteiger partial charge in [-0.3, -0.25) is 9.52 Å². The molecule has 0 aliphatic heterocycles. The number of hydrogen-bond donors (Lipinski definition) is 2. The molecule has 0 bridgehead atoms. The number of sulfonamides is 1. The van der Waals surface area contributed by atoms with E-state index in [9.17, 15) is 13.2 Å². The van der Waals surface area contributed by atoms with Gasteiger partial charge in [-0.25, -0.2) is 8.42 Å². The Labute approximate surface area is 135 Å². The van der Waals surface area contributed by atoms with Gasteiger partial charge in [0.15, 0.2) is 10.7 Å². The van der Waals surface area contributed by atoms with Crippen molar-refractivity contribution in [1.82, 2.24) is 5.16 Å². The van der Waals surface area contributed by atoms with E-state index in [1.807, 2.05) is 6.92 Å². The van der Waals surface area contributed by atoms with Crippen LogP contribution in [0.3, 0.4) is 0 Å². The molecule has 1 amide bonds. The monoisotopic (exact) mass is 337 g/mol. The van der Waals surface area contributed by atoms with Gasteiger partial charge in [-0.1, -0.05) is 11.2 Å². The fourth-order valence-electron chi connectivity index (χ4n) is 2.38. The first kappa shape index (κ1) is 17.0. The van der Waals surface area contributed by atoms with Crippen molar-refractivity contribution in [2.24, 2.45) is 0 Å². The molecule has 0 saturated carbocycles. The minimum atomic E-state index is -3.83. The number of anilines is 2. The third-order valence-corrected chi connectivity index (χ3v) is 5.06. The largest absolute Gasteiger partial charge is 0.360 e. The van der Waals surface area contributed by atoms with E-state index < -0.39 is 10.0 Å². The number of aromatic nitrogens is 1. The van der Waals surface area contributed by atoms with E-state index in [1.165, 1.54) is 6.92 Å². The molecule has 0 aliphatic carbocycles. The lowest BCUT2D eigenvalue weighted by Crippen LogP contribution is -2.16. The van der Waals surface area contributed by atoms with Crippen LogP contribution in [0.1, 0.15) is 29.5 Å². The molecule has 0 fully saturated rings. The zero-order valence-corrected chi connectivity index (χ0v) is 14.5. The van der Waals surface area contributed by atoms with Gasteiger partial charge in [0.25, 0.3) is 10.0 Å². The highest BCUT2D eigenvalue weighted by Crippen LogP contribution is 2.30. The lowest BCUT2D eigenvalue weighted by Gasteiger charge is -2.16. The van der Waals surface area contributed by atoms with Crippen LogP contribution < -0.4 is 10.0 Å². The van der Waals surface area contributed by atoms with E-state index in [1.54, 1.807) is 32.9 Å². The fraction of sp³-hybridized carbons (Fsp3) is 0.333. The normalized spacial score (nSPS) is 11.3. The Morgan fingerprint density at radius 2 is 1.83 bits per heavy atom. The molecular formula is C15H19N3O4S. The molecule has 0 atom stereocenters. The molecule has 1 heterocycles. The van der Waals surface area contributed by atoms with Crippen molar-refractivity contribution in [3.63, 3.8) is 0 Å². The number of benzene rings is 1. The Balaban J connectivity index is 2.47. The number of hydrogen-bond acceptors (Lipinski definition) is 5. The Hall–Kier alpha value is -2.35. The maximum absolute atomic E-state index is 12.6. The molecule has 7 nitrogen and oxygen atoms in total. The summed E-state index contributed by atoms with van der Waals surface area (Å²) in [5.74, 6) is 0.00350. The Morgan fingerprint density at radius 1 is 1.17 bits per heavy atom. The highest BCUT2D eigenvalue weighted by atomic mass is 32.2. The van der Waals surface area contributed by atoms with Gasteiger partial charge in [0.05, 0.1) is 5.69 Å². The summed E-state index contributed by atoms with van der Waals surface area (Å²) < 4.78 is 32.6. The van der Waals surface area contributed by atoms with Gasteiger partial charge in [-0.15, -0.1) is 0 Å². The van der Waals surface area contributed by atoms with E-state index in [4.69, 9.17) is 4.52 Å². The van der Waals surface area contributed by atoms with Crippen LogP contribution >= 0.6 is 0 Å². The summed E-state index contributed by atoms with van der Waals surface area (Å²) in [5.41, 5.74) is 2.76. The van der Waals surface area contributed by atoms with Gasteiger partial charge in [-0.05, 0) is 44.9 Å².